The second kappa shape index (κ2) is 12.4. The van der Waals surface area contributed by atoms with Crippen LogP contribution in [-0.4, -0.2) is 52.3 Å². The summed E-state index contributed by atoms with van der Waals surface area (Å²) >= 11 is 0. The number of methoxy groups -OCH3 is 1. The molecule has 0 saturated carbocycles. The normalized spacial score (nSPS) is 11.1. The van der Waals surface area contributed by atoms with Gasteiger partial charge in [-0.25, -0.2) is 0 Å². The number of rotatable bonds is 10. The monoisotopic (exact) mass is 398 g/mol. The number of carbonyl (C=O) groups excluding carboxylic acids is 1. The number of nitrogens with one attached hydrogen (secondary N) is 3. The molecular weight excluding hydrogens is 368 g/mol. The summed E-state index contributed by atoms with van der Waals surface area (Å²) in [6, 6.07) is 15.2. The van der Waals surface area contributed by atoms with Crippen LogP contribution >= 0.6 is 0 Å². The molecular formula is C22H30N4O3. The molecule has 0 atom stereocenters. The highest BCUT2D eigenvalue weighted by Gasteiger charge is 2.05. The van der Waals surface area contributed by atoms with Gasteiger partial charge in [0.1, 0.15) is 5.75 Å². The van der Waals surface area contributed by atoms with Crippen molar-refractivity contribution in [2.24, 2.45) is 4.99 Å². The van der Waals surface area contributed by atoms with Gasteiger partial charge in [-0.1, -0.05) is 23.8 Å². The van der Waals surface area contributed by atoms with Crippen LogP contribution in [0.2, 0.25) is 0 Å². The van der Waals surface area contributed by atoms with E-state index in [9.17, 15) is 4.79 Å². The average Bonchev–Trinajstić information content (AvgIpc) is 2.73. The van der Waals surface area contributed by atoms with Crippen molar-refractivity contribution >= 4 is 17.6 Å². The standard InChI is InChI=1S/C22H30N4O3/c1-17-7-4-8-18(15-17)21(27)24-11-12-25-22(23-2)26-19-9-5-10-20(16-19)29-14-6-13-28-3/h4-5,7-10,15-16H,6,11-14H2,1-3H3,(H,24,27)(H2,23,25,26). The molecule has 3 N–H and O–H groups in total. The van der Waals surface area contributed by atoms with Crippen molar-refractivity contribution < 1.29 is 14.3 Å². The number of amides is 1. The molecule has 0 aliphatic rings. The van der Waals surface area contributed by atoms with E-state index >= 15 is 0 Å². The summed E-state index contributed by atoms with van der Waals surface area (Å²) in [5.74, 6) is 1.31. The third-order valence-electron chi connectivity index (χ3n) is 4.07. The van der Waals surface area contributed by atoms with Crippen LogP contribution < -0.4 is 20.7 Å². The number of anilines is 1. The number of hydrogen-bond donors (Lipinski definition) is 3. The minimum Gasteiger partial charge on any atom is -0.493 e. The van der Waals surface area contributed by atoms with Crippen LogP contribution in [0, 0.1) is 6.92 Å². The van der Waals surface area contributed by atoms with Crippen LogP contribution in [0.1, 0.15) is 22.3 Å². The molecule has 29 heavy (non-hydrogen) atoms. The fraction of sp³-hybridized carbons (Fsp3) is 0.364. The van der Waals surface area contributed by atoms with Gasteiger partial charge in [0.15, 0.2) is 5.96 Å². The first-order chi connectivity index (χ1) is 14.1. The zero-order valence-electron chi connectivity index (χ0n) is 17.3. The van der Waals surface area contributed by atoms with Crippen molar-refractivity contribution in [1.82, 2.24) is 10.6 Å². The van der Waals surface area contributed by atoms with Gasteiger partial charge in [0.05, 0.1) is 6.61 Å². The van der Waals surface area contributed by atoms with Crippen LogP contribution in [0.3, 0.4) is 0 Å². The SMILES string of the molecule is CN=C(NCCNC(=O)c1cccc(C)c1)Nc1cccc(OCCCOC)c1. The maximum atomic E-state index is 12.2. The lowest BCUT2D eigenvalue weighted by Crippen LogP contribution is -2.37. The Hall–Kier alpha value is -3.06. The fourth-order valence-electron chi connectivity index (χ4n) is 2.62. The Balaban J connectivity index is 1.75. The second-order valence-corrected chi connectivity index (χ2v) is 6.47. The van der Waals surface area contributed by atoms with E-state index in [1.54, 1.807) is 20.2 Å². The topological polar surface area (TPSA) is 84.0 Å². The smallest absolute Gasteiger partial charge is 0.251 e. The van der Waals surface area contributed by atoms with E-state index in [0.29, 0.717) is 37.8 Å². The number of hydrogen-bond acceptors (Lipinski definition) is 4. The molecule has 2 aromatic carbocycles. The number of aliphatic imine (C=N–C) groups is 1. The quantitative estimate of drug-likeness (QED) is 0.326. The van der Waals surface area contributed by atoms with Gasteiger partial charge in [-0.05, 0) is 31.2 Å². The molecule has 0 heterocycles. The number of benzene rings is 2. The molecule has 2 aromatic rings. The van der Waals surface area contributed by atoms with Gasteiger partial charge in [0.2, 0.25) is 0 Å². The maximum Gasteiger partial charge on any atom is 0.251 e. The Morgan fingerprint density at radius 2 is 1.83 bits per heavy atom. The van der Waals surface area contributed by atoms with Gasteiger partial charge in [-0.3, -0.25) is 9.79 Å². The largest absolute Gasteiger partial charge is 0.493 e. The summed E-state index contributed by atoms with van der Waals surface area (Å²) < 4.78 is 10.7. The Morgan fingerprint density at radius 3 is 2.59 bits per heavy atom. The van der Waals surface area contributed by atoms with Crippen LogP contribution in [0.15, 0.2) is 53.5 Å². The minimum absolute atomic E-state index is 0.0863. The Morgan fingerprint density at radius 1 is 1.03 bits per heavy atom. The van der Waals surface area contributed by atoms with Crippen molar-refractivity contribution in [3.8, 4) is 5.75 Å². The number of aryl methyl sites for hydroxylation is 1. The molecule has 0 radical (unpaired) electrons. The highest BCUT2D eigenvalue weighted by atomic mass is 16.5. The van der Waals surface area contributed by atoms with Gasteiger partial charge in [-0.15, -0.1) is 0 Å². The molecule has 0 unspecified atom stereocenters. The fourth-order valence-corrected chi connectivity index (χ4v) is 2.62. The molecule has 7 nitrogen and oxygen atoms in total. The van der Waals surface area contributed by atoms with Crippen molar-refractivity contribution in [1.29, 1.82) is 0 Å². The summed E-state index contributed by atoms with van der Waals surface area (Å²) in [7, 11) is 3.38. The Bertz CT molecular complexity index is 808. The summed E-state index contributed by atoms with van der Waals surface area (Å²) in [4.78, 5) is 16.4. The summed E-state index contributed by atoms with van der Waals surface area (Å²) in [5, 5.41) is 9.30. The lowest BCUT2D eigenvalue weighted by atomic mass is 10.1. The van der Waals surface area contributed by atoms with E-state index in [1.165, 1.54) is 0 Å². The summed E-state index contributed by atoms with van der Waals surface area (Å²) in [6.45, 7) is 4.27. The van der Waals surface area contributed by atoms with Crippen molar-refractivity contribution in [2.75, 3.05) is 45.8 Å². The number of guanidine groups is 1. The third-order valence-corrected chi connectivity index (χ3v) is 4.07. The Kier molecular flexibility index (Phi) is 9.51. The zero-order valence-corrected chi connectivity index (χ0v) is 17.3. The van der Waals surface area contributed by atoms with Crippen LogP contribution in [0.5, 0.6) is 5.75 Å². The number of carbonyl (C=O) groups is 1. The van der Waals surface area contributed by atoms with Crippen LogP contribution in [0.25, 0.3) is 0 Å². The van der Waals surface area contributed by atoms with E-state index in [-0.39, 0.29) is 5.91 Å². The van der Waals surface area contributed by atoms with Crippen molar-refractivity contribution in [3.05, 3.63) is 59.7 Å². The first-order valence-corrected chi connectivity index (χ1v) is 9.66. The zero-order chi connectivity index (χ0) is 20.9. The summed E-state index contributed by atoms with van der Waals surface area (Å²) in [6.07, 6.45) is 0.839. The number of nitrogens with zero attached hydrogens (tertiary/aromatic N) is 1. The first kappa shape index (κ1) is 22.2. The minimum atomic E-state index is -0.0863. The predicted molar refractivity (Wildman–Crippen MR) is 117 cm³/mol. The molecule has 0 fully saturated rings. The van der Waals surface area contributed by atoms with Gasteiger partial charge >= 0.3 is 0 Å². The van der Waals surface area contributed by atoms with Crippen molar-refractivity contribution in [2.45, 2.75) is 13.3 Å². The van der Waals surface area contributed by atoms with Crippen LogP contribution in [-0.2, 0) is 4.74 Å². The average molecular weight is 399 g/mol. The molecule has 7 heteroatoms. The van der Waals surface area contributed by atoms with E-state index in [1.807, 2.05) is 49.4 Å². The van der Waals surface area contributed by atoms with Gasteiger partial charge in [-0.2, -0.15) is 0 Å². The molecule has 0 bridgehead atoms. The van der Waals surface area contributed by atoms with Crippen molar-refractivity contribution in [3.63, 3.8) is 0 Å². The second-order valence-electron chi connectivity index (χ2n) is 6.47. The third kappa shape index (κ3) is 8.23. The molecule has 0 saturated heterocycles. The maximum absolute atomic E-state index is 12.2. The van der Waals surface area contributed by atoms with Crippen LogP contribution in [0.4, 0.5) is 5.69 Å². The molecule has 0 aromatic heterocycles. The lowest BCUT2D eigenvalue weighted by molar-refractivity contribution is 0.0954. The Labute approximate surface area is 172 Å². The van der Waals surface area contributed by atoms with E-state index in [0.717, 1.165) is 23.4 Å². The van der Waals surface area contributed by atoms with Gasteiger partial charge in [0.25, 0.3) is 5.91 Å². The molecule has 0 aliphatic heterocycles. The van der Waals surface area contributed by atoms with E-state index in [2.05, 4.69) is 20.9 Å². The highest BCUT2D eigenvalue weighted by molar-refractivity contribution is 5.95. The first-order valence-electron chi connectivity index (χ1n) is 9.66. The van der Waals surface area contributed by atoms with E-state index < -0.39 is 0 Å². The lowest BCUT2D eigenvalue weighted by Gasteiger charge is -2.13. The molecule has 1 amide bonds. The molecule has 0 spiro atoms. The summed E-state index contributed by atoms with van der Waals surface area (Å²) in [5.41, 5.74) is 2.59. The van der Waals surface area contributed by atoms with Gasteiger partial charge in [0, 0.05) is 57.6 Å². The molecule has 0 aliphatic carbocycles. The van der Waals surface area contributed by atoms with E-state index in [4.69, 9.17) is 9.47 Å². The molecule has 156 valence electrons. The predicted octanol–water partition coefficient (Wildman–Crippen LogP) is 2.83. The molecule has 2 rings (SSSR count). The highest BCUT2D eigenvalue weighted by Crippen LogP contribution is 2.17. The van der Waals surface area contributed by atoms with Gasteiger partial charge < -0.3 is 25.4 Å². The number of ether oxygens (including phenoxy) is 2.